The number of nitrogens with one attached hydrogen (secondary N) is 1. The fourth-order valence-corrected chi connectivity index (χ4v) is 1.68. The van der Waals surface area contributed by atoms with Crippen LogP contribution in [0.5, 0.6) is 0 Å². The van der Waals surface area contributed by atoms with Crippen LogP contribution in [-0.2, 0) is 0 Å². The van der Waals surface area contributed by atoms with Gasteiger partial charge in [0.2, 0.25) is 6.33 Å². The predicted octanol–water partition coefficient (Wildman–Crippen LogP) is 0.817. The largest absolute Gasteiger partial charge is 0.383 e. The van der Waals surface area contributed by atoms with Gasteiger partial charge in [0.05, 0.1) is 6.20 Å². The van der Waals surface area contributed by atoms with E-state index in [0.29, 0.717) is 5.82 Å². The molecular weight excluding hydrogens is 202 g/mol. The Balaban J connectivity index is 2.30. The highest BCUT2D eigenvalue weighted by Crippen LogP contribution is 2.12. The van der Waals surface area contributed by atoms with Crippen molar-refractivity contribution in [2.24, 2.45) is 0 Å². The van der Waals surface area contributed by atoms with Crippen LogP contribution in [0.2, 0.25) is 0 Å². The van der Waals surface area contributed by atoms with Crippen molar-refractivity contribution >= 4 is 16.9 Å². The molecule has 0 amide bonds. The molecule has 0 saturated carbocycles. The Hall–Kier alpha value is -2.43. The molecule has 2 heterocycles. The number of nitrogens with zero attached hydrogens (tertiary/aromatic N) is 3. The van der Waals surface area contributed by atoms with E-state index in [0.717, 1.165) is 16.7 Å². The zero-order chi connectivity index (χ0) is 11.0. The molecule has 16 heavy (non-hydrogen) atoms. The number of H-pyrrole nitrogens is 1. The molecular formula is C11H10N5+. The molecule has 0 aliphatic heterocycles. The van der Waals surface area contributed by atoms with E-state index in [1.807, 2.05) is 35.0 Å². The molecule has 0 saturated heterocycles. The number of benzene rings is 1. The molecule has 5 heteroatoms. The highest BCUT2D eigenvalue weighted by atomic mass is 15.3. The maximum absolute atomic E-state index is 5.76. The predicted molar refractivity (Wildman–Crippen MR) is 59.8 cm³/mol. The highest BCUT2D eigenvalue weighted by molar-refractivity contribution is 5.82. The molecule has 3 aromatic rings. The summed E-state index contributed by atoms with van der Waals surface area (Å²) in [6.07, 6.45) is 3.27. The lowest BCUT2D eigenvalue weighted by atomic mass is 10.3. The van der Waals surface area contributed by atoms with Gasteiger partial charge < -0.3 is 5.73 Å². The van der Waals surface area contributed by atoms with Crippen molar-refractivity contribution in [2.75, 3.05) is 5.73 Å². The standard InChI is InChI=1S/C11H9N5/c12-10-9-6-15-16(11(9)14-7-13-10)8-4-2-1-3-5-8/h1-7H,(H2,12,13,14,15)/p+1. The van der Waals surface area contributed by atoms with Crippen molar-refractivity contribution in [1.29, 1.82) is 0 Å². The molecule has 0 atom stereocenters. The average molecular weight is 212 g/mol. The van der Waals surface area contributed by atoms with Gasteiger partial charge in [-0.15, -0.1) is 4.68 Å². The van der Waals surface area contributed by atoms with Crippen LogP contribution >= 0.6 is 0 Å². The van der Waals surface area contributed by atoms with Gasteiger partial charge in [-0.05, 0) is 17.1 Å². The lowest BCUT2D eigenvalue weighted by Crippen LogP contribution is -2.33. The fourth-order valence-electron chi connectivity index (χ4n) is 1.68. The minimum Gasteiger partial charge on any atom is -0.383 e. The number of nitrogens with two attached hydrogens (primary N) is 1. The third kappa shape index (κ3) is 1.22. The van der Waals surface area contributed by atoms with Gasteiger partial charge in [-0.2, -0.15) is 4.98 Å². The van der Waals surface area contributed by atoms with Crippen LogP contribution < -0.4 is 10.4 Å². The number of para-hydroxylation sites is 1. The van der Waals surface area contributed by atoms with Crippen molar-refractivity contribution in [3.05, 3.63) is 42.9 Å². The van der Waals surface area contributed by atoms with E-state index in [4.69, 9.17) is 5.73 Å². The van der Waals surface area contributed by atoms with Crippen molar-refractivity contribution in [3.63, 3.8) is 0 Å². The van der Waals surface area contributed by atoms with Gasteiger partial charge in [0.15, 0.2) is 5.69 Å². The Morgan fingerprint density at radius 2 is 1.94 bits per heavy atom. The van der Waals surface area contributed by atoms with Gasteiger partial charge in [-0.1, -0.05) is 18.2 Å². The number of aromatic amines is 1. The third-order valence-corrected chi connectivity index (χ3v) is 2.46. The fraction of sp³-hybridized carbons (Fsp3) is 0. The van der Waals surface area contributed by atoms with Crippen molar-refractivity contribution in [2.45, 2.75) is 0 Å². The second kappa shape index (κ2) is 3.30. The molecule has 0 aliphatic rings. The van der Waals surface area contributed by atoms with Crippen molar-refractivity contribution < 1.29 is 4.68 Å². The normalized spacial score (nSPS) is 10.8. The van der Waals surface area contributed by atoms with Gasteiger partial charge in [-0.3, -0.25) is 0 Å². The monoisotopic (exact) mass is 212 g/mol. The topological polar surface area (TPSA) is 71.5 Å². The molecule has 0 fully saturated rings. The summed E-state index contributed by atoms with van der Waals surface area (Å²) in [5.41, 5.74) is 7.55. The maximum Gasteiger partial charge on any atom is 0.361 e. The third-order valence-electron chi connectivity index (χ3n) is 2.46. The van der Waals surface area contributed by atoms with Gasteiger partial charge in [0, 0.05) is 0 Å². The quantitative estimate of drug-likeness (QED) is 0.586. The van der Waals surface area contributed by atoms with E-state index >= 15 is 0 Å². The first-order chi connectivity index (χ1) is 7.86. The number of hydrogen-bond donors (Lipinski definition) is 2. The molecule has 0 spiro atoms. The molecule has 2 aromatic heterocycles. The Morgan fingerprint density at radius 3 is 2.75 bits per heavy atom. The number of nitrogen functional groups attached to an aromatic ring is 1. The van der Waals surface area contributed by atoms with Crippen LogP contribution in [0.4, 0.5) is 5.82 Å². The second-order valence-corrected chi connectivity index (χ2v) is 3.44. The molecule has 0 radical (unpaired) electrons. The molecule has 0 aliphatic carbocycles. The maximum atomic E-state index is 5.76. The van der Waals surface area contributed by atoms with Gasteiger partial charge in [-0.25, -0.2) is 5.10 Å². The van der Waals surface area contributed by atoms with E-state index in [1.165, 1.54) is 6.33 Å². The van der Waals surface area contributed by atoms with E-state index in [-0.39, 0.29) is 0 Å². The average Bonchev–Trinajstić information content (AvgIpc) is 2.75. The smallest absolute Gasteiger partial charge is 0.361 e. The first-order valence-electron chi connectivity index (χ1n) is 4.91. The van der Waals surface area contributed by atoms with E-state index < -0.39 is 0 Å². The summed E-state index contributed by atoms with van der Waals surface area (Å²) in [7, 11) is 0. The molecule has 0 bridgehead atoms. The van der Waals surface area contributed by atoms with Gasteiger partial charge in [0.25, 0.3) is 0 Å². The summed E-state index contributed by atoms with van der Waals surface area (Å²) < 4.78 is 1.87. The Bertz CT molecular complexity index is 629. The molecule has 1 aromatic carbocycles. The number of fused-ring (bicyclic) bond motifs is 1. The number of hydrogen-bond acceptors (Lipinski definition) is 3. The molecule has 5 nitrogen and oxygen atoms in total. The van der Waals surface area contributed by atoms with Crippen LogP contribution in [0.25, 0.3) is 16.7 Å². The van der Waals surface area contributed by atoms with Gasteiger partial charge in [0.1, 0.15) is 11.2 Å². The molecule has 0 unspecified atom stereocenters. The lowest BCUT2D eigenvalue weighted by molar-refractivity contribution is -0.631. The van der Waals surface area contributed by atoms with Crippen LogP contribution in [0.1, 0.15) is 0 Å². The van der Waals surface area contributed by atoms with E-state index in [1.54, 1.807) is 6.20 Å². The highest BCUT2D eigenvalue weighted by Gasteiger charge is 2.16. The van der Waals surface area contributed by atoms with Gasteiger partial charge >= 0.3 is 5.65 Å². The zero-order valence-corrected chi connectivity index (χ0v) is 8.46. The van der Waals surface area contributed by atoms with Crippen LogP contribution in [-0.4, -0.2) is 15.1 Å². The molecule has 3 rings (SSSR count). The van der Waals surface area contributed by atoms with Crippen molar-refractivity contribution in [1.82, 2.24) is 15.1 Å². The summed E-state index contributed by atoms with van der Waals surface area (Å²) >= 11 is 0. The summed E-state index contributed by atoms with van der Waals surface area (Å²) in [4.78, 5) is 8.17. The minimum atomic E-state index is 0.482. The number of aromatic nitrogens is 4. The first-order valence-corrected chi connectivity index (χ1v) is 4.91. The van der Waals surface area contributed by atoms with Crippen LogP contribution in [0, 0.1) is 0 Å². The summed E-state index contributed by atoms with van der Waals surface area (Å²) in [5.74, 6) is 0.482. The first kappa shape index (κ1) is 8.84. The number of anilines is 1. The zero-order valence-electron chi connectivity index (χ0n) is 8.46. The number of rotatable bonds is 1. The molecule has 3 N–H and O–H groups in total. The Labute approximate surface area is 91.6 Å². The summed E-state index contributed by atoms with van der Waals surface area (Å²) in [5, 5.41) is 3.93. The SMILES string of the molecule is Nc1ncnc2c1c[nH][n+]2-c1ccccc1. The van der Waals surface area contributed by atoms with Crippen molar-refractivity contribution in [3.8, 4) is 5.69 Å². The Morgan fingerprint density at radius 1 is 1.12 bits per heavy atom. The van der Waals surface area contributed by atoms with E-state index in [2.05, 4.69) is 15.1 Å². The van der Waals surface area contributed by atoms with Crippen LogP contribution in [0.15, 0.2) is 42.9 Å². The van der Waals surface area contributed by atoms with E-state index in [9.17, 15) is 0 Å². The molecule has 78 valence electrons. The van der Waals surface area contributed by atoms with Crippen LogP contribution in [0.3, 0.4) is 0 Å². The second-order valence-electron chi connectivity index (χ2n) is 3.44. The minimum absolute atomic E-state index is 0.482. The summed E-state index contributed by atoms with van der Waals surface area (Å²) in [6.45, 7) is 0. The summed E-state index contributed by atoms with van der Waals surface area (Å²) in [6, 6.07) is 9.90. The lowest BCUT2D eigenvalue weighted by Gasteiger charge is -1.94. The Kier molecular flexibility index (Phi) is 1.83.